The summed E-state index contributed by atoms with van der Waals surface area (Å²) in [6.45, 7) is 7.18. The lowest BCUT2D eigenvalue weighted by molar-refractivity contribution is -0.111. The van der Waals surface area contributed by atoms with E-state index in [1.165, 1.54) is 20.2 Å². The van der Waals surface area contributed by atoms with E-state index in [9.17, 15) is 24.6 Å². The Morgan fingerprint density at radius 2 is 1.78 bits per heavy atom. The largest absolute Gasteiger partial charge is 0.453 e. The van der Waals surface area contributed by atoms with Gasteiger partial charge in [0, 0.05) is 18.9 Å². The van der Waals surface area contributed by atoms with Gasteiger partial charge in [0.2, 0.25) is 0 Å². The summed E-state index contributed by atoms with van der Waals surface area (Å²) < 4.78 is 35.9. The Kier molecular flexibility index (Phi) is 12.1. The maximum absolute atomic E-state index is 13.2. The standard InChI is InChI=1S/C27H39N2O11P/c1-6-37-41(8-3,38-7-2)26(33)19(30)20-21(40-25(32)18-12-10-9-11-13-18)22(36-15-14-35-5)24(39-20)29-16-17(4)23(31)28-27(29)34/h8-13,16,19-22,24,26,30,33H,6-7,14-15H2,1-5H3,(H,28,31,34)/t19-,20-,21-,22-,24-,26-/m1/s1. The van der Waals surface area contributed by atoms with E-state index in [-0.39, 0.29) is 37.6 Å². The Bertz CT molecular complexity index is 1300. The lowest BCUT2D eigenvalue weighted by atomic mass is 10.0. The molecule has 0 aliphatic carbocycles. The van der Waals surface area contributed by atoms with Gasteiger partial charge in [-0.2, -0.15) is 0 Å². The Morgan fingerprint density at radius 1 is 1.12 bits per heavy atom. The third-order valence-corrected chi connectivity index (χ3v) is 9.61. The number of carbonyl (C=O) groups is 1. The van der Waals surface area contributed by atoms with Gasteiger partial charge in [-0.3, -0.25) is 14.3 Å². The zero-order valence-electron chi connectivity index (χ0n) is 23.8. The molecular formula is C27H39N2O11P. The number of nitrogens with one attached hydrogen (secondary N) is 1. The van der Waals surface area contributed by atoms with Crippen molar-refractivity contribution < 1.29 is 43.0 Å². The van der Waals surface area contributed by atoms with Crippen molar-refractivity contribution in [3.05, 3.63) is 68.5 Å². The number of aromatic nitrogens is 2. The first-order valence-electron chi connectivity index (χ1n) is 13.3. The second-order valence-electron chi connectivity index (χ2n) is 9.18. The van der Waals surface area contributed by atoms with Gasteiger partial charge >= 0.3 is 11.7 Å². The third-order valence-electron chi connectivity index (χ3n) is 6.53. The summed E-state index contributed by atoms with van der Waals surface area (Å²) in [4.78, 5) is 40.4. The zero-order valence-corrected chi connectivity index (χ0v) is 24.7. The Balaban J connectivity index is 2.12. The van der Waals surface area contributed by atoms with Crippen molar-refractivity contribution in [2.45, 2.75) is 64.2 Å². The molecule has 1 fully saturated rings. The van der Waals surface area contributed by atoms with E-state index in [4.69, 9.17) is 28.0 Å². The minimum atomic E-state index is -3.17. The Morgan fingerprint density at radius 3 is 2.37 bits per heavy atom. The molecule has 228 valence electrons. The maximum Gasteiger partial charge on any atom is 0.338 e. The van der Waals surface area contributed by atoms with Gasteiger partial charge in [0.1, 0.15) is 24.2 Å². The van der Waals surface area contributed by atoms with Crippen molar-refractivity contribution in [1.29, 1.82) is 0 Å². The van der Waals surface area contributed by atoms with Crippen LogP contribution < -0.4 is 11.2 Å². The van der Waals surface area contributed by atoms with Crippen LogP contribution in [-0.2, 0) is 28.0 Å². The van der Waals surface area contributed by atoms with Crippen LogP contribution in [0.4, 0.5) is 0 Å². The normalized spacial score (nSPS) is 22.3. The predicted octanol–water partition coefficient (Wildman–Crippen LogP) is 1.42. The molecule has 1 aliphatic rings. The molecule has 0 amide bonds. The summed E-state index contributed by atoms with van der Waals surface area (Å²) in [5, 5.41) is 23.0. The number of nitrogens with zero attached hydrogens (tertiary/aromatic N) is 1. The number of methoxy groups -OCH3 is 1. The minimum absolute atomic E-state index is 0.0143. The number of H-pyrrole nitrogens is 1. The van der Waals surface area contributed by atoms with Crippen molar-refractivity contribution in [2.75, 3.05) is 33.5 Å². The number of rotatable bonds is 14. The van der Waals surface area contributed by atoms with Crippen LogP contribution in [0.1, 0.15) is 42.9 Å². The molecule has 3 N–H and O–H groups in total. The van der Waals surface area contributed by atoms with Crippen molar-refractivity contribution in [3.63, 3.8) is 0 Å². The summed E-state index contributed by atoms with van der Waals surface area (Å²) in [6, 6.07) is 8.17. The highest BCUT2D eigenvalue weighted by molar-refractivity contribution is 7.66. The second kappa shape index (κ2) is 15.0. The van der Waals surface area contributed by atoms with Crippen LogP contribution >= 0.6 is 7.34 Å². The molecule has 2 heterocycles. The predicted molar refractivity (Wildman–Crippen MR) is 151 cm³/mol. The van der Waals surface area contributed by atoms with E-state index in [2.05, 4.69) is 4.98 Å². The topological polar surface area (TPSA) is 168 Å². The maximum atomic E-state index is 13.2. The number of benzene rings is 1. The fourth-order valence-electron chi connectivity index (χ4n) is 4.56. The van der Waals surface area contributed by atoms with Gasteiger partial charge in [0.15, 0.2) is 19.7 Å². The van der Waals surface area contributed by atoms with E-state index in [0.717, 1.165) is 4.57 Å². The average molecular weight is 599 g/mol. The van der Waals surface area contributed by atoms with Crippen LogP contribution in [0.15, 0.2) is 46.1 Å². The second-order valence-corrected chi connectivity index (χ2v) is 12.0. The number of aliphatic hydroxyl groups is 2. The van der Waals surface area contributed by atoms with Crippen LogP contribution in [0.3, 0.4) is 0 Å². The molecule has 1 saturated heterocycles. The van der Waals surface area contributed by atoms with Crippen LogP contribution in [0.5, 0.6) is 0 Å². The SMILES string of the molecule is CC=P(OCC)(OCC)[C@@H](O)[C@H](O)[C@H]1O[C@@H](n2cc(C)c(=O)[nH]c2=O)[C@H](OCCOC)[C@@H]1OC(=O)c1ccccc1. The molecule has 0 saturated carbocycles. The highest BCUT2D eigenvalue weighted by Crippen LogP contribution is 2.55. The lowest BCUT2D eigenvalue weighted by Crippen LogP contribution is -2.48. The molecule has 14 heteroatoms. The molecule has 13 nitrogen and oxygen atoms in total. The first-order valence-corrected chi connectivity index (χ1v) is 15.1. The van der Waals surface area contributed by atoms with Crippen molar-refractivity contribution in [2.24, 2.45) is 0 Å². The van der Waals surface area contributed by atoms with Gasteiger partial charge in [-0.25, -0.2) is 9.59 Å². The molecule has 0 spiro atoms. The number of hydrogen-bond donors (Lipinski definition) is 3. The summed E-state index contributed by atoms with van der Waals surface area (Å²) >= 11 is 0. The molecule has 1 aliphatic heterocycles. The van der Waals surface area contributed by atoms with Crippen molar-refractivity contribution >= 4 is 19.1 Å². The molecule has 0 unspecified atom stereocenters. The van der Waals surface area contributed by atoms with Crippen molar-refractivity contribution in [1.82, 2.24) is 9.55 Å². The van der Waals surface area contributed by atoms with Gasteiger partial charge in [0.25, 0.3) is 5.56 Å². The number of aryl methyl sites for hydroxylation is 1. The Labute approximate surface area is 238 Å². The monoisotopic (exact) mass is 598 g/mol. The molecule has 0 radical (unpaired) electrons. The number of carbonyl (C=O) groups excluding carboxylic acids is 1. The average Bonchev–Trinajstić information content (AvgIpc) is 3.31. The van der Waals surface area contributed by atoms with Gasteiger partial charge in [-0.15, -0.1) is 0 Å². The highest BCUT2D eigenvalue weighted by atomic mass is 31.2. The molecule has 0 bridgehead atoms. The van der Waals surface area contributed by atoms with Crippen LogP contribution in [-0.4, -0.2) is 95.3 Å². The van der Waals surface area contributed by atoms with Gasteiger partial charge in [-0.05, 0) is 45.6 Å². The molecule has 41 heavy (non-hydrogen) atoms. The van der Waals surface area contributed by atoms with Gasteiger partial charge < -0.3 is 38.2 Å². The number of aromatic amines is 1. The van der Waals surface area contributed by atoms with Crippen LogP contribution in [0.2, 0.25) is 0 Å². The first kappa shape index (κ1) is 32.9. The molecule has 6 atom stereocenters. The molecular weight excluding hydrogens is 559 g/mol. The zero-order chi connectivity index (χ0) is 30.2. The van der Waals surface area contributed by atoms with E-state index in [1.54, 1.807) is 56.9 Å². The number of aliphatic hydroxyl groups excluding tert-OH is 2. The first-order chi connectivity index (χ1) is 19.6. The number of esters is 1. The number of hydrogen-bond acceptors (Lipinski definition) is 11. The quantitative estimate of drug-likeness (QED) is 0.163. The van der Waals surface area contributed by atoms with Crippen LogP contribution in [0, 0.1) is 6.92 Å². The van der Waals surface area contributed by atoms with E-state index < -0.39 is 61.0 Å². The fraction of sp³-hybridized carbons (Fsp3) is 0.556. The van der Waals surface area contributed by atoms with Crippen molar-refractivity contribution in [3.8, 4) is 0 Å². The molecule has 1 aromatic heterocycles. The van der Waals surface area contributed by atoms with E-state index >= 15 is 0 Å². The van der Waals surface area contributed by atoms with Gasteiger partial charge in [0.05, 0.1) is 32.0 Å². The fourth-order valence-corrected chi connectivity index (χ4v) is 6.95. The van der Waals surface area contributed by atoms with Crippen LogP contribution in [0.25, 0.3) is 0 Å². The minimum Gasteiger partial charge on any atom is -0.453 e. The summed E-state index contributed by atoms with van der Waals surface area (Å²) in [7, 11) is -1.70. The summed E-state index contributed by atoms with van der Waals surface area (Å²) in [5.41, 5.74) is -0.947. The summed E-state index contributed by atoms with van der Waals surface area (Å²) in [6.07, 6.45) is -5.59. The lowest BCUT2D eigenvalue weighted by Gasteiger charge is -2.35. The van der Waals surface area contributed by atoms with Gasteiger partial charge in [-0.1, -0.05) is 18.2 Å². The molecule has 2 aromatic rings. The number of ether oxygens (including phenoxy) is 4. The Hall–Kier alpha value is -2.61. The smallest absolute Gasteiger partial charge is 0.338 e. The van der Waals surface area contributed by atoms with E-state index in [0.29, 0.717) is 0 Å². The summed E-state index contributed by atoms with van der Waals surface area (Å²) in [5.74, 6) is -0.773. The molecule has 1 aromatic carbocycles. The highest BCUT2D eigenvalue weighted by Gasteiger charge is 2.55. The third kappa shape index (κ3) is 7.43. The van der Waals surface area contributed by atoms with E-state index in [1.807, 2.05) is 0 Å². The molecule has 3 rings (SSSR count).